The molecule has 28 heteroatoms. The van der Waals surface area contributed by atoms with Gasteiger partial charge in [-0.15, -0.1) is 0 Å². The Labute approximate surface area is 436 Å². The second-order valence-electron chi connectivity index (χ2n) is 18.2. The van der Waals surface area contributed by atoms with Gasteiger partial charge < -0.3 is 78.5 Å². The fraction of sp³-hybridized carbons (Fsp3) is 0.388. The van der Waals surface area contributed by atoms with Gasteiger partial charge in [0, 0.05) is 33.0 Å². The van der Waals surface area contributed by atoms with Gasteiger partial charge in [-0.1, -0.05) is 50.2 Å². The van der Waals surface area contributed by atoms with Gasteiger partial charge in [-0.2, -0.15) is 0 Å². The second-order valence-corrected chi connectivity index (χ2v) is 20.6. The number of phosphoric ester groups is 2. The van der Waals surface area contributed by atoms with Crippen LogP contribution in [0.3, 0.4) is 0 Å². The number of hydrogen-bond acceptors (Lipinski definition) is 20. The molecule has 77 heavy (non-hydrogen) atoms. The number of esters is 2. The molecule has 2 aromatic carbocycles. The Morgan fingerprint density at radius 1 is 0.688 bits per heavy atom. The lowest BCUT2D eigenvalue weighted by Gasteiger charge is -2.36. The summed E-state index contributed by atoms with van der Waals surface area (Å²) >= 11 is 0. The molecule has 0 bridgehead atoms. The van der Waals surface area contributed by atoms with E-state index in [1.165, 1.54) is 0 Å². The lowest BCUT2D eigenvalue weighted by atomic mass is 9.85. The van der Waals surface area contributed by atoms with Crippen LogP contribution in [0.2, 0.25) is 0 Å². The first-order valence-electron chi connectivity index (χ1n) is 23.9. The van der Waals surface area contributed by atoms with Crippen LogP contribution < -0.4 is 21.3 Å². The summed E-state index contributed by atoms with van der Waals surface area (Å²) in [6.07, 6.45) is -5.43. The molecule has 8 heterocycles. The summed E-state index contributed by atoms with van der Waals surface area (Å²) in [5.74, 6) is -1.53. The zero-order valence-electron chi connectivity index (χ0n) is 41.5. The monoisotopic (exact) mass is 1110 g/mol. The standard InChI is InChI=1S/2C21H19N2O8P.C7H17NO5/c2*1-2-21(30-11-31-32(26,27)28)15-8-17-18-13(7-12-5-3-4-6-16(12)22-18)9-23(17)19(24)14(15)10-29-20(21)25;1-8-2-4(10)6(12)7(13)5(11)3-9/h2*3-8H,2,9-11H2,1H3,(H2,26,27,28);4-13H,2-3H2,1H3/t2*21-;/m00./s1. The van der Waals surface area contributed by atoms with E-state index in [4.69, 9.17) is 58.9 Å². The SMILES string of the molecule is CC[C@@]1(OCOP(=O)(O)O)C(=O)OCc2c1cc1n(c2=O)Cc2cc3ccccc3nc2-1.CC[C@@]1(OCOP(=O)([O-])O)C(=O)OCc2c1cc1n(c2=O)Cc2cc3ccccc3nc2-1.C[NH2+]CC(O)C(O)C(O)C(O)CO. The number of quaternary nitrogens is 1. The third-order valence-electron chi connectivity index (χ3n) is 13.6. The van der Waals surface area contributed by atoms with Crippen molar-refractivity contribution in [2.24, 2.45) is 0 Å². The number of rotatable bonds is 16. The normalized spacial score (nSPS) is 20.3. The summed E-state index contributed by atoms with van der Waals surface area (Å²) < 4.78 is 55.3. The Kier molecular flexibility index (Phi) is 16.9. The van der Waals surface area contributed by atoms with E-state index < -0.39 is 83.4 Å². The molecule has 0 saturated carbocycles. The number of carbonyl (C=O) groups excluding carboxylic acids is 2. The molecule has 10 N–H and O–H groups in total. The summed E-state index contributed by atoms with van der Waals surface area (Å²) in [7, 11) is -8.19. The van der Waals surface area contributed by atoms with E-state index in [9.17, 15) is 43.4 Å². The van der Waals surface area contributed by atoms with Crippen molar-refractivity contribution in [1.29, 1.82) is 0 Å². The zero-order chi connectivity index (χ0) is 55.8. The van der Waals surface area contributed by atoms with Crippen molar-refractivity contribution < 1.29 is 97.1 Å². The van der Waals surface area contributed by atoms with Crippen LogP contribution >= 0.6 is 15.6 Å². The maximum Gasteiger partial charge on any atom is 0.471 e. The molecular weight excluding hydrogens is 1060 g/mol. The lowest BCUT2D eigenvalue weighted by molar-refractivity contribution is -0.635. The minimum Gasteiger partial charge on any atom is -0.756 e. The van der Waals surface area contributed by atoms with Crippen LogP contribution in [0, 0.1) is 0 Å². The fourth-order valence-electron chi connectivity index (χ4n) is 9.64. The summed E-state index contributed by atoms with van der Waals surface area (Å²) in [5, 5.41) is 48.5. The molecule has 0 radical (unpaired) electrons. The largest absolute Gasteiger partial charge is 0.756 e. The van der Waals surface area contributed by atoms with E-state index in [1.54, 1.807) is 47.5 Å². The number of pyridine rings is 4. The number of carbonyl (C=O) groups is 2. The molecule has 0 spiro atoms. The van der Waals surface area contributed by atoms with Crippen LogP contribution in [0.25, 0.3) is 44.6 Å². The number of phosphoric acid groups is 2. The Bertz CT molecular complexity index is 3260. The Balaban J connectivity index is 0.000000167. The molecule has 0 amide bonds. The molecule has 4 aromatic heterocycles. The number of hydrogen-bond donors (Lipinski definition) is 9. The Morgan fingerprint density at radius 3 is 1.52 bits per heavy atom. The number of benzene rings is 2. The van der Waals surface area contributed by atoms with Gasteiger partial charge in [0.25, 0.3) is 18.9 Å². The predicted molar refractivity (Wildman–Crippen MR) is 264 cm³/mol. The maximum atomic E-state index is 13.3. The van der Waals surface area contributed by atoms with E-state index >= 15 is 0 Å². The van der Waals surface area contributed by atoms with Gasteiger partial charge in [0.05, 0.1) is 71.7 Å². The number of nitrogens with two attached hydrogens (primary N) is 1. The van der Waals surface area contributed by atoms with E-state index in [0.29, 0.717) is 41.4 Å². The molecule has 0 saturated heterocycles. The number of aliphatic hydroxyl groups is 5. The first-order valence-corrected chi connectivity index (χ1v) is 27.0. The van der Waals surface area contributed by atoms with Gasteiger partial charge in [-0.05, 0) is 49.2 Å². The molecule has 0 fully saturated rings. The van der Waals surface area contributed by atoms with Crippen molar-refractivity contribution >= 4 is 49.4 Å². The predicted octanol–water partition coefficient (Wildman–Crippen LogP) is -0.675. The van der Waals surface area contributed by atoms with E-state index in [2.05, 4.69) is 9.05 Å². The third-order valence-corrected chi connectivity index (χ3v) is 14.5. The van der Waals surface area contributed by atoms with Gasteiger partial charge >= 0.3 is 19.8 Å². The minimum absolute atomic E-state index is 0.0394. The number of aliphatic hydroxyl groups excluding tert-OH is 5. The summed E-state index contributed by atoms with van der Waals surface area (Å²) in [4.78, 5) is 99.4. The first kappa shape index (κ1) is 57.2. The van der Waals surface area contributed by atoms with Gasteiger partial charge in [0.1, 0.15) is 44.2 Å². The van der Waals surface area contributed by atoms with Crippen LogP contribution in [0.5, 0.6) is 0 Å². The summed E-state index contributed by atoms with van der Waals surface area (Å²) in [5.41, 5.74) is 2.52. The number of ether oxygens (including phenoxy) is 4. The van der Waals surface area contributed by atoms with Crippen molar-refractivity contribution in [3.63, 3.8) is 0 Å². The first-order chi connectivity index (χ1) is 36.5. The lowest BCUT2D eigenvalue weighted by Crippen LogP contribution is -2.83. The molecule has 26 nitrogen and oxygen atoms in total. The van der Waals surface area contributed by atoms with Gasteiger partial charge in [0.2, 0.25) is 0 Å². The number of aromatic nitrogens is 4. The minimum atomic E-state index is -5.07. The van der Waals surface area contributed by atoms with Crippen LogP contribution in [-0.2, 0) is 84.2 Å². The van der Waals surface area contributed by atoms with Crippen molar-refractivity contribution in [1.82, 2.24) is 19.1 Å². The smallest absolute Gasteiger partial charge is 0.471 e. The van der Waals surface area contributed by atoms with Crippen LogP contribution in [0.15, 0.2) is 82.4 Å². The fourth-order valence-corrected chi connectivity index (χ4v) is 10.0. The average molecular weight is 1110 g/mol. The number of para-hydroxylation sites is 2. The molecule has 4 aliphatic heterocycles. The van der Waals surface area contributed by atoms with Crippen molar-refractivity contribution in [3.05, 3.63) is 127 Å². The highest BCUT2D eigenvalue weighted by molar-refractivity contribution is 7.46. The topological polar surface area (TPSA) is 395 Å². The molecule has 412 valence electrons. The Morgan fingerprint density at radius 2 is 1.12 bits per heavy atom. The quantitative estimate of drug-likeness (QED) is 0.0329. The molecule has 7 atom stereocenters. The second kappa shape index (κ2) is 22.8. The number of fused-ring (bicyclic) bond motifs is 10. The van der Waals surface area contributed by atoms with Gasteiger partial charge in [-0.25, -0.2) is 24.1 Å². The highest BCUT2D eigenvalue weighted by Gasteiger charge is 2.50. The van der Waals surface area contributed by atoms with E-state index in [1.807, 2.05) is 60.7 Å². The average Bonchev–Trinajstić information content (AvgIpc) is 4.06. The van der Waals surface area contributed by atoms with Crippen LogP contribution in [-0.4, -0.2) is 129 Å². The van der Waals surface area contributed by atoms with Crippen LogP contribution in [0.1, 0.15) is 60.1 Å². The van der Waals surface area contributed by atoms with Gasteiger partial charge in [-0.3, -0.25) is 23.2 Å². The van der Waals surface area contributed by atoms with Crippen molar-refractivity contribution in [2.45, 2.75) is 88.6 Å². The highest BCUT2D eigenvalue weighted by atomic mass is 31.2. The summed E-state index contributed by atoms with van der Waals surface area (Å²) in [6.45, 7) is 1.29. The highest BCUT2D eigenvalue weighted by Crippen LogP contribution is 2.44. The maximum absolute atomic E-state index is 13.3. The molecule has 0 aliphatic carbocycles. The van der Waals surface area contributed by atoms with Gasteiger partial charge in [0.15, 0.2) is 24.8 Å². The molecule has 5 unspecified atom stereocenters. The van der Waals surface area contributed by atoms with Crippen molar-refractivity contribution in [2.75, 3.05) is 33.8 Å². The molecule has 10 rings (SSSR count). The number of likely N-dealkylation sites (N-methyl/N-ethyl adjacent to an activating group) is 1. The van der Waals surface area contributed by atoms with E-state index in [-0.39, 0.29) is 60.4 Å². The van der Waals surface area contributed by atoms with Crippen molar-refractivity contribution in [3.8, 4) is 22.8 Å². The third kappa shape index (κ3) is 11.3. The van der Waals surface area contributed by atoms with Crippen LogP contribution in [0.4, 0.5) is 0 Å². The molecular formula is C49H55N5O21P2. The zero-order valence-corrected chi connectivity index (χ0v) is 43.2. The van der Waals surface area contributed by atoms with E-state index in [0.717, 1.165) is 32.9 Å². The molecule has 6 aromatic rings. The Hall–Kier alpha value is -6.00. The summed E-state index contributed by atoms with van der Waals surface area (Å²) in [6, 6.07) is 22.5. The number of nitrogens with zero attached hydrogens (tertiary/aromatic N) is 4. The molecule has 4 aliphatic rings. The number of cyclic esters (lactones) is 2.